The van der Waals surface area contributed by atoms with Crippen LogP contribution in [0.25, 0.3) is 6.08 Å². The zero-order valence-corrected chi connectivity index (χ0v) is 11.5. The molecule has 5 heteroatoms. The van der Waals surface area contributed by atoms with Gasteiger partial charge in [0.05, 0.1) is 12.4 Å². The normalized spacial score (nSPS) is 10.6. The quantitative estimate of drug-likeness (QED) is 0.614. The van der Waals surface area contributed by atoms with Crippen LogP contribution in [0.5, 0.6) is 0 Å². The van der Waals surface area contributed by atoms with Gasteiger partial charge in [0.2, 0.25) is 0 Å². The predicted octanol–water partition coefficient (Wildman–Crippen LogP) is 2.58. The third-order valence-corrected chi connectivity index (χ3v) is 3.14. The van der Waals surface area contributed by atoms with Crippen LogP contribution >= 0.6 is 11.8 Å². The van der Waals surface area contributed by atoms with E-state index >= 15 is 0 Å². The summed E-state index contributed by atoms with van der Waals surface area (Å²) in [6, 6.07) is 7.54. The number of esters is 1. The molecule has 0 saturated heterocycles. The number of carbonyl (C=O) groups excluding carboxylic acids is 1. The summed E-state index contributed by atoms with van der Waals surface area (Å²) in [5.74, 6) is -0.173. The molecule has 1 N–H and O–H groups in total. The molecular weight excluding hydrogens is 264 g/mol. The minimum Gasteiger partial charge on any atom is -0.478 e. The molecule has 0 fully saturated rings. The second kappa shape index (κ2) is 8.37. The summed E-state index contributed by atoms with van der Waals surface area (Å²) in [6.07, 6.45) is 2.65. The van der Waals surface area contributed by atoms with Crippen LogP contribution in [0.2, 0.25) is 0 Å². The topological polar surface area (TPSA) is 63.6 Å². The maximum absolute atomic E-state index is 11.2. The van der Waals surface area contributed by atoms with E-state index in [-0.39, 0.29) is 5.97 Å². The van der Waals surface area contributed by atoms with E-state index in [1.54, 1.807) is 13.0 Å². The van der Waals surface area contributed by atoms with Gasteiger partial charge in [-0.1, -0.05) is 24.3 Å². The summed E-state index contributed by atoms with van der Waals surface area (Å²) in [4.78, 5) is 21.6. The van der Waals surface area contributed by atoms with Gasteiger partial charge >= 0.3 is 11.9 Å². The molecule has 0 amide bonds. The smallest absolute Gasteiger partial charge is 0.328 e. The van der Waals surface area contributed by atoms with E-state index in [1.165, 1.54) is 11.8 Å². The fraction of sp³-hybridized carbons (Fsp3) is 0.286. The largest absolute Gasteiger partial charge is 0.478 e. The minimum absolute atomic E-state index is 0.213. The number of carboxylic acid groups (broad SMARTS) is 1. The first-order chi connectivity index (χ1) is 9.11. The molecule has 0 heterocycles. The van der Waals surface area contributed by atoms with Gasteiger partial charge in [0.1, 0.15) is 0 Å². The Hall–Kier alpha value is -1.75. The highest BCUT2D eigenvalue weighted by Gasteiger charge is 2.02. The van der Waals surface area contributed by atoms with Gasteiger partial charge in [-0.3, -0.25) is 4.79 Å². The molecule has 0 aliphatic carbocycles. The molecule has 0 radical (unpaired) electrons. The lowest BCUT2D eigenvalue weighted by atomic mass is 10.1. The maximum atomic E-state index is 11.2. The minimum atomic E-state index is -0.970. The number of rotatable bonds is 7. The molecule has 0 aromatic heterocycles. The number of carbonyl (C=O) groups is 2. The van der Waals surface area contributed by atoms with Crippen LogP contribution in [0.1, 0.15) is 18.1 Å². The van der Waals surface area contributed by atoms with E-state index in [0.29, 0.717) is 18.1 Å². The van der Waals surface area contributed by atoms with E-state index < -0.39 is 5.97 Å². The molecule has 0 atom stereocenters. The second-order valence-electron chi connectivity index (χ2n) is 3.71. The second-order valence-corrected chi connectivity index (χ2v) is 4.70. The maximum Gasteiger partial charge on any atom is 0.328 e. The van der Waals surface area contributed by atoms with Crippen LogP contribution < -0.4 is 0 Å². The number of hydrogen-bond acceptors (Lipinski definition) is 4. The van der Waals surface area contributed by atoms with Crippen molar-refractivity contribution in [3.63, 3.8) is 0 Å². The Kier molecular flexibility index (Phi) is 6.74. The number of thioether (sulfide) groups is 1. The highest BCUT2D eigenvalue weighted by Crippen LogP contribution is 2.14. The Morgan fingerprint density at radius 3 is 2.89 bits per heavy atom. The van der Waals surface area contributed by atoms with E-state index in [0.717, 1.165) is 17.2 Å². The first-order valence-corrected chi connectivity index (χ1v) is 7.00. The molecule has 0 saturated carbocycles. The lowest BCUT2D eigenvalue weighted by Crippen LogP contribution is -2.06. The van der Waals surface area contributed by atoms with Crippen LogP contribution in [0.15, 0.2) is 30.3 Å². The third kappa shape index (κ3) is 6.67. The van der Waals surface area contributed by atoms with Crippen molar-refractivity contribution >= 4 is 29.8 Å². The first kappa shape index (κ1) is 15.3. The number of aliphatic carboxylic acids is 1. The fourth-order valence-corrected chi connectivity index (χ4v) is 2.18. The molecular formula is C14H16O4S. The summed E-state index contributed by atoms with van der Waals surface area (Å²) >= 11 is 1.47. The Bertz CT molecular complexity index is 468. The Balaban J connectivity index is 2.48. The fourth-order valence-electron chi connectivity index (χ4n) is 1.41. The third-order valence-electron chi connectivity index (χ3n) is 2.16. The zero-order chi connectivity index (χ0) is 14.1. The van der Waals surface area contributed by atoms with Crippen molar-refractivity contribution in [2.75, 3.05) is 12.4 Å². The molecule has 0 unspecified atom stereocenters. The molecule has 102 valence electrons. The summed E-state index contributed by atoms with van der Waals surface area (Å²) in [6.45, 7) is 2.18. The van der Waals surface area contributed by atoms with Gasteiger partial charge in [0, 0.05) is 11.8 Å². The van der Waals surface area contributed by atoms with E-state index in [4.69, 9.17) is 9.84 Å². The average Bonchev–Trinajstić information content (AvgIpc) is 2.37. The molecule has 0 aliphatic rings. The molecule has 1 rings (SSSR count). The first-order valence-electron chi connectivity index (χ1n) is 5.85. The SMILES string of the molecule is CCOC(=O)CSCc1cccc(C=CC(=O)O)c1. The molecule has 1 aromatic carbocycles. The van der Waals surface area contributed by atoms with Crippen molar-refractivity contribution in [2.45, 2.75) is 12.7 Å². The van der Waals surface area contributed by atoms with Gasteiger partial charge in [-0.05, 0) is 24.1 Å². The number of carboxylic acids is 1. The zero-order valence-electron chi connectivity index (χ0n) is 10.7. The van der Waals surface area contributed by atoms with Gasteiger partial charge in [-0.2, -0.15) is 0 Å². The van der Waals surface area contributed by atoms with Crippen molar-refractivity contribution in [2.24, 2.45) is 0 Å². The van der Waals surface area contributed by atoms with Crippen molar-refractivity contribution < 1.29 is 19.4 Å². The Morgan fingerprint density at radius 1 is 1.42 bits per heavy atom. The van der Waals surface area contributed by atoms with Crippen molar-refractivity contribution in [3.05, 3.63) is 41.5 Å². The lowest BCUT2D eigenvalue weighted by Gasteiger charge is -2.03. The molecule has 19 heavy (non-hydrogen) atoms. The van der Waals surface area contributed by atoms with Crippen LogP contribution in [-0.2, 0) is 20.1 Å². The van der Waals surface area contributed by atoms with Crippen LogP contribution in [0, 0.1) is 0 Å². The van der Waals surface area contributed by atoms with Gasteiger partial charge < -0.3 is 9.84 Å². The van der Waals surface area contributed by atoms with E-state index in [2.05, 4.69) is 0 Å². The number of benzene rings is 1. The Morgan fingerprint density at radius 2 is 2.21 bits per heavy atom. The van der Waals surface area contributed by atoms with Gasteiger partial charge in [0.15, 0.2) is 0 Å². The number of ether oxygens (including phenoxy) is 1. The van der Waals surface area contributed by atoms with Crippen molar-refractivity contribution in [1.82, 2.24) is 0 Å². The van der Waals surface area contributed by atoms with E-state index in [9.17, 15) is 9.59 Å². The standard InChI is InChI=1S/C14H16O4S/c1-2-18-14(17)10-19-9-12-5-3-4-11(8-12)6-7-13(15)16/h3-8H,2,9-10H2,1H3,(H,15,16). The highest BCUT2D eigenvalue weighted by molar-refractivity contribution is 7.99. The summed E-state index contributed by atoms with van der Waals surface area (Å²) in [5, 5.41) is 8.55. The lowest BCUT2D eigenvalue weighted by molar-refractivity contribution is -0.139. The average molecular weight is 280 g/mol. The van der Waals surface area contributed by atoms with Crippen molar-refractivity contribution in [1.29, 1.82) is 0 Å². The van der Waals surface area contributed by atoms with Crippen LogP contribution in [0.3, 0.4) is 0 Å². The highest BCUT2D eigenvalue weighted by atomic mass is 32.2. The van der Waals surface area contributed by atoms with Crippen LogP contribution in [-0.4, -0.2) is 29.4 Å². The number of hydrogen-bond donors (Lipinski definition) is 1. The van der Waals surface area contributed by atoms with Crippen LogP contribution in [0.4, 0.5) is 0 Å². The molecule has 1 aromatic rings. The van der Waals surface area contributed by atoms with E-state index in [1.807, 2.05) is 24.3 Å². The summed E-state index contributed by atoms with van der Waals surface area (Å²) in [5.41, 5.74) is 1.87. The summed E-state index contributed by atoms with van der Waals surface area (Å²) < 4.78 is 4.83. The van der Waals surface area contributed by atoms with Crippen molar-refractivity contribution in [3.8, 4) is 0 Å². The summed E-state index contributed by atoms with van der Waals surface area (Å²) in [7, 11) is 0. The Labute approximate surface area is 116 Å². The molecule has 0 spiro atoms. The predicted molar refractivity (Wildman–Crippen MR) is 75.9 cm³/mol. The van der Waals surface area contributed by atoms with Gasteiger partial charge in [-0.25, -0.2) is 4.79 Å². The molecule has 4 nitrogen and oxygen atoms in total. The van der Waals surface area contributed by atoms with Gasteiger partial charge in [0.25, 0.3) is 0 Å². The van der Waals surface area contributed by atoms with Gasteiger partial charge in [-0.15, -0.1) is 11.8 Å². The monoisotopic (exact) mass is 280 g/mol. The molecule has 0 aliphatic heterocycles. The molecule has 0 bridgehead atoms.